The molecule has 0 aromatic rings. The van der Waals surface area contributed by atoms with E-state index in [1.165, 1.54) is 25.7 Å². The Balaban J connectivity index is 1.75. The summed E-state index contributed by atoms with van der Waals surface area (Å²) in [5.41, 5.74) is -1.23. The van der Waals surface area contributed by atoms with Gasteiger partial charge in [-0.25, -0.2) is 0 Å². The number of ether oxygens (including phenoxy) is 1. The summed E-state index contributed by atoms with van der Waals surface area (Å²) in [4.78, 5) is 12.6. The molecule has 0 radical (unpaired) electrons. The molecule has 0 aromatic carbocycles. The van der Waals surface area contributed by atoms with Gasteiger partial charge in [-0.15, -0.1) is 0 Å². The first-order valence-corrected chi connectivity index (χ1v) is 8.04. The van der Waals surface area contributed by atoms with Gasteiger partial charge in [-0.05, 0) is 19.3 Å². The van der Waals surface area contributed by atoms with Gasteiger partial charge in [-0.2, -0.15) is 0 Å². The Labute approximate surface area is 115 Å². The lowest BCUT2D eigenvalue weighted by Crippen LogP contribution is -2.51. The van der Waals surface area contributed by atoms with E-state index in [9.17, 15) is 9.90 Å². The molecule has 3 aliphatic rings. The second kappa shape index (κ2) is 5.17. The molecule has 1 heterocycles. The van der Waals surface area contributed by atoms with Gasteiger partial charge >= 0.3 is 0 Å². The molecule has 1 aliphatic heterocycles. The van der Waals surface area contributed by atoms with Crippen molar-refractivity contribution < 1.29 is 14.6 Å². The van der Waals surface area contributed by atoms with Gasteiger partial charge in [0.25, 0.3) is 0 Å². The first kappa shape index (κ1) is 13.6. The minimum Gasteiger partial charge on any atom is -0.382 e. The second-order valence-electron chi connectivity index (χ2n) is 6.96. The van der Waals surface area contributed by atoms with Crippen molar-refractivity contribution in [3.8, 4) is 0 Å². The van der Waals surface area contributed by atoms with E-state index < -0.39 is 5.60 Å². The van der Waals surface area contributed by atoms with Crippen LogP contribution < -0.4 is 0 Å². The summed E-state index contributed by atoms with van der Waals surface area (Å²) < 4.78 is 5.60. The van der Waals surface area contributed by atoms with Gasteiger partial charge in [-0.1, -0.05) is 44.9 Å². The van der Waals surface area contributed by atoms with Gasteiger partial charge in [0.1, 0.15) is 5.60 Å². The quantitative estimate of drug-likeness (QED) is 0.686. The average Bonchev–Trinajstić information content (AvgIpc) is 3.11. The van der Waals surface area contributed by atoms with Gasteiger partial charge in [-0.3, -0.25) is 4.79 Å². The predicted octanol–water partition coefficient (Wildman–Crippen LogP) is 2.99. The van der Waals surface area contributed by atoms with E-state index >= 15 is 0 Å². The lowest BCUT2D eigenvalue weighted by Gasteiger charge is -2.39. The third kappa shape index (κ3) is 2.87. The highest BCUT2D eigenvalue weighted by molar-refractivity contribution is 5.90. The van der Waals surface area contributed by atoms with Gasteiger partial charge in [0.2, 0.25) is 0 Å². The zero-order chi connectivity index (χ0) is 13.3. The maximum Gasteiger partial charge on any atom is 0.167 e. The number of epoxide rings is 1. The van der Waals surface area contributed by atoms with Crippen LogP contribution in [0.3, 0.4) is 0 Å². The standard InChI is InChI=1S/C16H26O3/c17-14-13-8-6-4-2-1-3-5-7-9-16(14,18)11-15(10-13)12-19-15/h13,18H,1-12H2. The van der Waals surface area contributed by atoms with E-state index in [-0.39, 0.29) is 17.3 Å². The molecule has 3 unspecified atom stereocenters. The molecule has 0 amide bonds. The number of ketones is 1. The molecule has 3 atom stereocenters. The number of aliphatic hydroxyl groups is 1. The maximum absolute atomic E-state index is 12.6. The van der Waals surface area contributed by atoms with Crippen LogP contribution in [0.15, 0.2) is 0 Å². The van der Waals surface area contributed by atoms with E-state index in [2.05, 4.69) is 0 Å². The Morgan fingerprint density at radius 1 is 1.05 bits per heavy atom. The number of hydrogen-bond donors (Lipinski definition) is 1. The van der Waals surface area contributed by atoms with Crippen molar-refractivity contribution in [1.29, 1.82) is 0 Å². The smallest absolute Gasteiger partial charge is 0.167 e. The Hall–Kier alpha value is -0.410. The van der Waals surface area contributed by atoms with E-state index in [1.54, 1.807) is 0 Å². The molecule has 3 fully saturated rings. The SMILES string of the molecule is O=C1C2CCCCCCCCCC1(O)CC1(CO1)C2. The summed E-state index contributed by atoms with van der Waals surface area (Å²) in [5, 5.41) is 10.8. The van der Waals surface area contributed by atoms with E-state index in [1.807, 2.05) is 0 Å². The van der Waals surface area contributed by atoms with Gasteiger partial charge in [0, 0.05) is 12.3 Å². The summed E-state index contributed by atoms with van der Waals surface area (Å²) in [6.07, 6.45) is 11.3. The number of carbonyl (C=O) groups excluding carboxylic acids is 1. The number of rotatable bonds is 0. The fourth-order valence-electron chi connectivity index (χ4n) is 4.07. The Morgan fingerprint density at radius 3 is 2.37 bits per heavy atom. The van der Waals surface area contributed by atoms with Crippen molar-refractivity contribution in [2.45, 2.75) is 81.8 Å². The minimum atomic E-state index is -1.08. The molecule has 2 saturated carbocycles. The molecule has 108 valence electrons. The summed E-state index contributed by atoms with van der Waals surface area (Å²) >= 11 is 0. The Kier molecular flexibility index (Phi) is 3.69. The lowest BCUT2D eigenvalue weighted by molar-refractivity contribution is -0.151. The number of hydrogen-bond acceptors (Lipinski definition) is 3. The molecule has 3 nitrogen and oxygen atoms in total. The predicted molar refractivity (Wildman–Crippen MR) is 72.9 cm³/mol. The molecule has 3 rings (SSSR count). The number of fused-ring (bicyclic) bond motifs is 2. The second-order valence-corrected chi connectivity index (χ2v) is 6.96. The summed E-state index contributed by atoms with van der Waals surface area (Å²) in [6.45, 7) is 0.749. The molecule has 0 aromatic heterocycles. The summed E-state index contributed by atoms with van der Waals surface area (Å²) in [6, 6.07) is 0. The van der Waals surface area contributed by atoms with Crippen LogP contribution in [-0.4, -0.2) is 28.7 Å². The summed E-state index contributed by atoms with van der Waals surface area (Å²) in [7, 11) is 0. The molecule has 2 aliphatic carbocycles. The third-order valence-corrected chi connectivity index (χ3v) is 5.26. The monoisotopic (exact) mass is 266 g/mol. The van der Waals surface area contributed by atoms with Crippen LogP contribution >= 0.6 is 0 Å². The van der Waals surface area contributed by atoms with Crippen molar-refractivity contribution in [3.05, 3.63) is 0 Å². The zero-order valence-corrected chi connectivity index (χ0v) is 11.8. The maximum atomic E-state index is 12.6. The van der Waals surface area contributed by atoms with Crippen LogP contribution in [0.2, 0.25) is 0 Å². The molecular formula is C16H26O3. The molecule has 19 heavy (non-hydrogen) atoms. The van der Waals surface area contributed by atoms with Crippen LogP contribution in [0.25, 0.3) is 0 Å². The van der Waals surface area contributed by atoms with Crippen molar-refractivity contribution in [1.82, 2.24) is 0 Å². The van der Waals surface area contributed by atoms with Crippen LogP contribution in [0.4, 0.5) is 0 Å². The third-order valence-electron chi connectivity index (χ3n) is 5.26. The largest absolute Gasteiger partial charge is 0.382 e. The fourth-order valence-corrected chi connectivity index (χ4v) is 4.07. The van der Waals surface area contributed by atoms with Crippen molar-refractivity contribution in [3.63, 3.8) is 0 Å². The Bertz CT molecular complexity index is 348. The lowest BCUT2D eigenvalue weighted by atomic mass is 9.68. The van der Waals surface area contributed by atoms with Crippen LogP contribution in [-0.2, 0) is 9.53 Å². The van der Waals surface area contributed by atoms with Crippen molar-refractivity contribution >= 4 is 5.78 Å². The highest BCUT2D eigenvalue weighted by Crippen LogP contribution is 2.49. The number of Topliss-reactive ketones (excluding diaryl/α,β-unsaturated/α-hetero) is 1. The molecule has 1 N–H and O–H groups in total. The van der Waals surface area contributed by atoms with E-state index in [0.29, 0.717) is 12.8 Å². The molecule has 3 heteroatoms. The minimum absolute atomic E-state index is 0.0423. The zero-order valence-electron chi connectivity index (χ0n) is 11.8. The molecule has 2 bridgehead atoms. The van der Waals surface area contributed by atoms with E-state index in [4.69, 9.17) is 4.74 Å². The van der Waals surface area contributed by atoms with E-state index in [0.717, 1.165) is 38.7 Å². The molecular weight excluding hydrogens is 240 g/mol. The highest BCUT2D eigenvalue weighted by Gasteiger charge is 2.59. The number of carbonyl (C=O) groups is 1. The van der Waals surface area contributed by atoms with Crippen LogP contribution in [0, 0.1) is 5.92 Å². The summed E-state index contributed by atoms with van der Waals surface area (Å²) in [5.74, 6) is 0.162. The van der Waals surface area contributed by atoms with Crippen LogP contribution in [0.1, 0.15) is 70.6 Å². The van der Waals surface area contributed by atoms with Gasteiger partial charge in [0.05, 0.1) is 12.2 Å². The normalized spacial score (nSPS) is 44.5. The van der Waals surface area contributed by atoms with Crippen molar-refractivity contribution in [2.75, 3.05) is 6.61 Å². The van der Waals surface area contributed by atoms with Gasteiger partial charge < -0.3 is 9.84 Å². The highest BCUT2D eigenvalue weighted by atomic mass is 16.6. The first-order chi connectivity index (χ1) is 9.14. The van der Waals surface area contributed by atoms with Gasteiger partial charge in [0.15, 0.2) is 5.78 Å². The average molecular weight is 266 g/mol. The topological polar surface area (TPSA) is 49.8 Å². The molecule has 1 spiro atoms. The van der Waals surface area contributed by atoms with Crippen LogP contribution in [0.5, 0.6) is 0 Å². The van der Waals surface area contributed by atoms with Crippen molar-refractivity contribution in [2.24, 2.45) is 5.92 Å². The fraction of sp³-hybridized carbons (Fsp3) is 0.938. The Morgan fingerprint density at radius 2 is 1.68 bits per heavy atom. The molecule has 1 saturated heterocycles. The first-order valence-electron chi connectivity index (χ1n) is 8.04.